The third-order valence-electron chi connectivity index (χ3n) is 2.35. The van der Waals surface area contributed by atoms with Crippen LogP contribution in [0.2, 0.25) is 0 Å². The molecule has 0 saturated heterocycles. The summed E-state index contributed by atoms with van der Waals surface area (Å²) in [5, 5.41) is 9.46. The van der Waals surface area contributed by atoms with E-state index in [1.165, 1.54) is 12.1 Å². The molecule has 4 heteroatoms. The molecule has 0 amide bonds. The highest BCUT2D eigenvalue weighted by molar-refractivity contribution is 5.85. The Labute approximate surface area is 85.7 Å². The van der Waals surface area contributed by atoms with Gasteiger partial charge in [-0.05, 0) is 30.7 Å². The summed E-state index contributed by atoms with van der Waals surface area (Å²) in [6, 6.07) is 4.35. The van der Waals surface area contributed by atoms with Crippen LogP contribution in [0.15, 0.2) is 24.4 Å². The molecule has 1 heterocycles. The summed E-state index contributed by atoms with van der Waals surface area (Å²) in [7, 11) is 0. The first-order valence-electron chi connectivity index (χ1n) is 4.55. The van der Waals surface area contributed by atoms with Crippen molar-refractivity contribution in [1.29, 1.82) is 0 Å². The summed E-state index contributed by atoms with van der Waals surface area (Å²) in [4.78, 5) is 10.6. The smallest absolute Gasteiger partial charge is 0.323 e. The predicted octanol–water partition coefficient (Wildman–Crippen LogP) is 2.17. The summed E-state index contributed by atoms with van der Waals surface area (Å²) in [6.07, 6.45) is 1.72. The molecule has 2 rings (SSSR count). The zero-order valence-corrected chi connectivity index (χ0v) is 8.20. The summed E-state index contributed by atoms with van der Waals surface area (Å²) in [5.74, 6) is -1.21. The molecule has 0 aliphatic heterocycles. The molecule has 1 aromatic heterocycles. The van der Waals surface area contributed by atoms with E-state index in [0.29, 0.717) is 0 Å². The van der Waals surface area contributed by atoms with E-state index >= 15 is 0 Å². The largest absolute Gasteiger partial charge is 0.480 e. The maximum Gasteiger partial charge on any atom is 0.323 e. The van der Waals surface area contributed by atoms with E-state index < -0.39 is 5.97 Å². The van der Waals surface area contributed by atoms with Gasteiger partial charge in [-0.15, -0.1) is 0 Å². The van der Waals surface area contributed by atoms with Gasteiger partial charge in [0.25, 0.3) is 0 Å². The molecule has 0 aliphatic rings. The van der Waals surface area contributed by atoms with Gasteiger partial charge in [0, 0.05) is 17.1 Å². The number of aromatic nitrogens is 1. The van der Waals surface area contributed by atoms with Gasteiger partial charge in [0.2, 0.25) is 0 Å². The molecule has 15 heavy (non-hydrogen) atoms. The van der Waals surface area contributed by atoms with E-state index in [1.807, 2.05) is 6.92 Å². The van der Waals surface area contributed by atoms with Gasteiger partial charge < -0.3 is 9.67 Å². The van der Waals surface area contributed by atoms with Crippen LogP contribution in [0, 0.1) is 12.7 Å². The second-order valence-electron chi connectivity index (χ2n) is 3.50. The molecule has 0 fully saturated rings. The molecule has 0 atom stereocenters. The first-order chi connectivity index (χ1) is 7.08. The zero-order chi connectivity index (χ0) is 11.0. The molecule has 0 radical (unpaired) electrons. The molecular weight excluding hydrogens is 197 g/mol. The molecule has 2 aromatic rings. The Morgan fingerprint density at radius 3 is 2.93 bits per heavy atom. The second-order valence-corrected chi connectivity index (χ2v) is 3.50. The lowest BCUT2D eigenvalue weighted by atomic mass is 10.2. The monoisotopic (exact) mass is 207 g/mol. The average Bonchev–Trinajstić information content (AvgIpc) is 2.42. The Balaban J connectivity index is 2.62. The summed E-state index contributed by atoms with van der Waals surface area (Å²) < 4.78 is 14.6. The minimum atomic E-state index is -0.906. The van der Waals surface area contributed by atoms with Crippen molar-refractivity contribution in [1.82, 2.24) is 4.57 Å². The van der Waals surface area contributed by atoms with Crippen molar-refractivity contribution in [3.8, 4) is 0 Å². The lowest BCUT2D eigenvalue weighted by Crippen LogP contribution is -2.07. The van der Waals surface area contributed by atoms with Crippen molar-refractivity contribution in [2.75, 3.05) is 0 Å². The summed E-state index contributed by atoms with van der Waals surface area (Å²) in [6.45, 7) is 1.73. The molecule has 0 saturated carbocycles. The highest BCUT2D eigenvalue weighted by Gasteiger charge is 2.08. The van der Waals surface area contributed by atoms with E-state index in [4.69, 9.17) is 5.11 Å². The number of aliphatic carboxylic acids is 1. The van der Waals surface area contributed by atoms with Crippen LogP contribution in [-0.4, -0.2) is 15.6 Å². The first-order valence-corrected chi connectivity index (χ1v) is 4.55. The van der Waals surface area contributed by atoms with Crippen molar-refractivity contribution in [2.45, 2.75) is 13.5 Å². The quantitative estimate of drug-likeness (QED) is 0.820. The van der Waals surface area contributed by atoms with Crippen molar-refractivity contribution in [2.24, 2.45) is 0 Å². The fourth-order valence-electron chi connectivity index (χ4n) is 1.72. The van der Waals surface area contributed by atoms with Gasteiger partial charge in [0.1, 0.15) is 12.4 Å². The number of hydrogen-bond donors (Lipinski definition) is 1. The van der Waals surface area contributed by atoms with Crippen LogP contribution < -0.4 is 0 Å². The minimum absolute atomic E-state index is 0.101. The van der Waals surface area contributed by atoms with Crippen LogP contribution in [0.5, 0.6) is 0 Å². The third-order valence-corrected chi connectivity index (χ3v) is 2.35. The topological polar surface area (TPSA) is 42.2 Å². The summed E-state index contributed by atoms with van der Waals surface area (Å²) in [5.41, 5.74) is 1.63. The van der Waals surface area contributed by atoms with Gasteiger partial charge in [0.05, 0.1) is 0 Å². The van der Waals surface area contributed by atoms with Crippen LogP contribution in [0.25, 0.3) is 10.9 Å². The Morgan fingerprint density at radius 2 is 2.27 bits per heavy atom. The van der Waals surface area contributed by atoms with E-state index in [9.17, 15) is 9.18 Å². The molecule has 1 N–H and O–H groups in total. The predicted molar refractivity (Wildman–Crippen MR) is 54.3 cm³/mol. The minimum Gasteiger partial charge on any atom is -0.480 e. The number of hydrogen-bond acceptors (Lipinski definition) is 1. The molecular formula is C11H10FNO2. The van der Waals surface area contributed by atoms with E-state index in [2.05, 4.69) is 0 Å². The van der Waals surface area contributed by atoms with Gasteiger partial charge in [-0.3, -0.25) is 4.79 Å². The van der Waals surface area contributed by atoms with Crippen LogP contribution in [0.4, 0.5) is 4.39 Å². The lowest BCUT2D eigenvalue weighted by Gasteiger charge is -2.00. The maximum absolute atomic E-state index is 13.0. The Morgan fingerprint density at radius 1 is 1.53 bits per heavy atom. The molecule has 3 nitrogen and oxygen atoms in total. The van der Waals surface area contributed by atoms with E-state index in [0.717, 1.165) is 16.5 Å². The second kappa shape index (κ2) is 3.38. The molecule has 1 aromatic carbocycles. The van der Waals surface area contributed by atoms with Gasteiger partial charge >= 0.3 is 5.97 Å². The highest BCUT2D eigenvalue weighted by Crippen LogP contribution is 2.21. The highest BCUT2D eigenvalue weighted by atomic mass is 19.1. The summed E-state index contributed by atoms with van der Waals surface area (Å²) >= 11 is 0. The number of benzene rings is 1. The number of fused-ring (bicyclic) bond motifs is 1. The van der Waals surface area contributed by atoms with Crippen LogP contribution >= 0.6 is 0 Å². The van der Waals surface area contributed by atoms with Gasteiger partial charge in [0.15, 0.2) is 0 Å². The van der Waals surface area contributed by atoms with Gasteiger partial charge in [-0.2, -0.15) is 0 Å². The SMILES string of the molecule is Cc1cn(CC(=O)O)c2ccc(F)cc12. The van der Waals surface area contributed by atoms with Crippen LogP contribution in [-0.2, 0) is 11.3 Å². The fraction of sp³-hybridized carbons (Fsp3) is 0.182. The van der Waals surface area contributed by atoms with Crippen LogP contribution in [0.1, 0.15) is 5.56 Å². The number of halogens is 1. The van der Waals surface area contributed by atoms with Crippen molar-refractivity contribution in [3.63, 3.8) is 0 Å². The standard InChI is InChI=1S/C11H10FNO2/c1-7-5-13(6-11(14)15)10-3-2-8(12)4-9(7)10/h2-5H,6H2,1H3,(H,14,15). The molecule has 0 aliphatic carbocycles. The van der Waals surface area contributed by atoms with Gasteiger partial charge in [-0.25, -0.2) is 4.39 Å². The van der Waals surface area contributed by atoms with E-state index in [1.54, 1.807) is 16.8 Å². The number of carboxylic acids is 1. The lowest BCUT2D eigenvalue weighted by molar-refractivity contribution is -0.137. The molecule has 78 valence electrons. The molecule has 0 bridgehead atoms. The maximum atomic E-state index is 13.0. The van der Waals surface area contributed by atoms with Crippen molar-refractivity contribution in [3.05, 3.63) is 35.8 Å². The van der Waals surface area contributed by atoms with Crippen molar-refractivity contribution >= 4 is 16.9 Å². The number of aryl methyl sites for hydroxylation is 1. The fourth-order valence-corrected chi connectivity index (χ4v) is 1.72. The Bertz CT molecular complexity index is 531. The first kappa shape index (κ1) is 9.71. The molecule has 0 spiro atoms. The number of nitrogens with zero attached hydrogens (tertiary/aromatic N) is 1. The average molecular weight is 207 g/mol. The van der Waals surface area contributed by atoms with Crippen molar-refractivity contribution < 1.29 is 14.3 Å². The normalized spacial score (nSPS) is 10.8. The third kappa shape index (κ3) is 1.70. The van der Waals surface area contributed by atoms with E-state index in [-0.39, 0.29) is 12.4 Å². The number of carboxylic acid groups (broad SMARTS) is 1. The van der Waals surface area contributed by atoms with Gasteiger partial charge in [-0.1, -0.05) is 0 Å². The molecule has 0 unspecified atom stereocenters. The number of carbonyl (C=O) groups is 1. The van der Waals surface area contributed by atoms with Crippen LogP contribution in [0.3, 0.4) is 0 Å². The Kier molecular flexibility index (Phi) is 2.19. The zero-order valence-electron chi connectivity index (χ0n) is 8.20. The Hall–Kier alpha value is -1.84. The number of rotatable bonds is 2.